The van der Waals surface area contributed by atoms with Gasteiger partial charge >= 0.3 is 6.18 Å². The molecule has 0 atom stereocenters. The highest BCUT2D eigenvalue weighted by molar-refractivity contribution is 5.91. The zero-order valence-corrected chi connectivity index (χ0v) is 14.7. The first-order valence-electron chi connectivity index (χ1n) is 8.39. The number of anilines is 3. The van der Waals surface area contributed by atoms with Crippen LogP contribution < -0.4 is 10.6 Å². The first kappa shape index (κ1) is 17.8. The predicted octanol–water partition coefficient (Wildman–Crippen LogP) is 4.82. The molecular formula is C19H15F3N6. The van der Waals surface area contributed by atoms with Crippen LogP contribution >= 0.6 is 0 Å². The standard InChI is InChI=1S/C19H15F3N6/c1-23-15-10-16(26-18-12-7-3-5-9-14(12)27-28-18)25-17(24-15)11-6-2-4-8-13(11)19(20,21)22/h2-10H,1H3,(H3,23,24,25,26,27,28). The fraction of sp³-hybridized carbons (Fsp3) is 0.105. The summed E-state index contributed by atoms with van der Waals surface area (Å²) in [6.45, 7) is 0. The molecule has 0 aliphatic heterocycles. The average Bonchev–Trinajstić information content (AvgIpc) is 3.10. The van der Waals surface area contributed by atoms with Crippen molar-refractivity contribution in [2.24, 2.45) is 0 Å². The van der Waals surface area contributed by atoms with Gasteiger partial charge in [0.15, 0.2) is 11.6 Å². The lowest BCUT2D eigenvalue weighted by Gasteiger charge is -2.13. The van der Waals surface area contributed by atoms with Gasteiger partial charge in [-0.2, -0.15) is 18.3 Å². The van der Waals surface area contributed by atoms with Gasteiger partial charge in [-0.05, 0) is 18.2 Å². The fourth-order valence-corrected chi connectivity index (χ4v) is 2.87. The number of fused-ring (bicyclic) bond motifs is 1. The van der Waals surface area contributed by atoms with Crippen LogP contribution in [0.2, 0.25) is 0 Å². The molecule has 2 aromatic carbocycles. The SMILES string of the molecule is CNc1cc(Nc2n[nH]c3ccccc23)nc(-c2ccccc2C(F)(F)F)n1. The molecule has 2 aromatic heterocycles. The van der Waals surface area contributed by atoms with Gasteiger partial charge < -0.3 is 10.6 Å². The monoisotopic (exact) mass is 384 g/mol. The molecule has 0 saturated heterocycles. The van der Waals surface area contributed by atoms with Gasteiger partial charge in [-0.1, -0.05) is 30.3 Å². The largest absolute Gasteiger partial charge is 0.417 e. The maximum Gasteiger partial charge on any atom is 0.417 e. The van der Waals surface area contributed by atoms with Crippen LogP contribution in [0, 0.1) is 0 Å². The van der Waals surface area contributed by atoms with E-state index in [1.54, 1.807) is 13.1 Å². The number of hydrogen-bond donors (Lipinski definition) is 3. The smallest absolute Gasteiger partial charge is 0.373 e. The molecule has 3 N–H and O–H groups in total. The third-order valence-electron chi connectivity index (χ3n) is 4.17. The average molecular weight is 384 g/mol. The molecule has 0 fully saturated rings. The Morgan fingerprint density at radius 1 is 0.929 bits per heavy atom. The molecule has 0 bridgehead atoms. The van der Waals surface area contributed by atoms with Gasteiger partial charge in [0.2, 0.25) is 0 Å². The molecule has 0 radical (unpaired) electrons. The molecule has 6 nitrogen and oxygen atoms in total. The molecule has 28 heavy (non-hydrogen) atoms. The van der Waals surface area contributed by atoms with Crippen molar-refractivity contribution in [3.05, 3.63) is 60.2 Å². The van der Waals surface area contributed by atoms with E-state index < -0.39 is 11.7 Å². The molecule has 2 heterocycles. The van der Waals surface area contributed by atoms with Crippen molar-refractivity contribution in [1.82, 2.24) is 20.2 Å². The number of hydrogen-bond acceptors (Lipinski definition) is 5. The van der Waals surface area contributed by atoms with E-state index in [4.69, 9.17) is 0 Å². The highest BCUT2D eigenvalue weighted by Gasteiger charge is 2.34. The Hall–Kier alpha value is -3.62. The van der Waals surface area contributed by atoms with E-state index in [1.807, 2.05) is 24.3 Å². The molecule has 4 rings (SSSR count). The van der Waals surface area contributed by atoms with Crippen molar-refractivity contribution >= 4 is 28.4 Å². The summed E-state index contributed by atoms with van der Waals surface area (Å²) in [5.41, 5.74) is -0.0583. The van der Waals surface area contributed by atoms with E-state index in [0.717, 1.165) is 17.0 Å². The van der Waals surface area contributed by atoms with E-state index >= 15 is 0 Å². The van der Waals surface area contributed by atoms with Gasteiger partial charge in [-0.3, -0.25) is 5.10 Å². The first-order valence-corrected chi connectivity index (χ1v) is 8.39. The number of alkyl halides is 3. The number of benzene rings is 2. The summed E-state index contributed by atoms with van der Waals surface area (Å²) in [5.74, 6) is 1.18. The number of H-pyrrole nitrogens is 1. The summed E-state index contributed by atoms with van der Waals surface area (Å²) in [7, 11) is 1.63. The number of aromatic amines is 1. The number of rotatable bonds is 4. The van der Waals surface area contributed by atoms with Crippen molar-refractivity contribution in [3.63, 3.8) is 0 Å². The lowest BCUT2D eigenvalue weighted by atomic mass is 10.1. The highest BCUT2D eigenvalue weighted by atomic mass is 19.4. The minimum atomic E-state index is -4.51. The van der Waals surface area contributed by atoms with Gasteiger partial charge in [0.1, 0.15) is 11.6 Å². The molecule has 0 saturated carbocycles. The molecule has 4 aromatic rings. The van der Waals surface area contributed by atoms with Gasteiger partial charge in [0.25, 0.3) is 0 Å². The van der Waals surface area contributed by atoms with Crippen LogP contribution in [0.25, 0.3) is 22.3 Å². The third-order valence-corrected chi connectivity index (χ3v) is 4.17. The zero-order valence-electron chi connectivity index (χ0n) is 14.7. The van der Waals surface area contributed by atoms with Crippen LogP contribution in [0.15, 0.2) is 54.6 Å². The first-order chi connectivity index (χ1) is 13.5. The van der Waals surface area contributed by atoms with Crippen molar-refractivity contribution in [1.29, 1.82) is 0 Å². The molecular weight excluding hydrogens is 369 g/mol. The van der Waals surface area contributed by atoms with Gasteiger partial charge in [-0.25, -0.2) is 9.97 Å². The van der Waals surface area contributed by atoms with E-state index in [-0.39, 0.29) is 11.4 Å². The molecule has 0 spiro atoms. The van der Waals surface area contributed by atoms with Crippen molar-refractivity contribution in [2.45, 2.75) is 6.18 Å². The van der Waals surface area contributed by atoms with Crippen LogP contribution in [0.3, 0.4) is 0 Å². The fourth-order valence-electron chi connectivity index (χ4n) is 2.87. The Bertz CT molecular complexity index is 1140. The van der Waals surface area contributed by atoms with Crippen LogP contribution in [-0.4, -0.2) is 27.2 Å². The molecule has 0 unspecified atom stereocenters. The van der Waals surface area contributed by atoms with Crippen LogP contribution in [0.1, 0.15) is 5.56 Å². The predicted molar refractivity (Wildman–Crippen MR) is 101 cm³/mol. The van der Waals surface area contributed by atoms with Crippen molar-refractivity contribution in [3.8, 4) is 11.4 Å². The minimum absolute atomic E-state index is 0.0397. The second-order valence-corrected chi connectivity index (χ2v) is 6.00. The molecule has 0 amide bonds. The highest BCUT2D eigenvalue weighted by Crippen LogP contribution is 2.36. The number of aromatic nitrogens is 4. The van der Waals surface area contributed by atoms with Crippen LogP contribution in [0.5, 0.6) is 0 Å². The molecule has 0 aliphatic carbocycles. The van der Waals surface area contributed by atoms with E-state index in [9.17, 15) is 13.2 Å². The summed E-state index contributed by atoms with van der Waals surface area (Å²) < 4.78 is 40.2. The Balaban J connectivity index is 1.80. The normalized spacial score (nSPS) is 11.6. The number of para-hydroxylation sites is 1. The minimum Gasteiger partial charge on any atom is -0.373 e. The molecule has 142 valence electrons. The van der Waals surface area contributed by atoms with E-state index in [2.05, 4.69) is 30.8 Å². The number of nitrogens with one attached hydrogen (secondary N) is 3. The lowest BCUT2D eigenvalue weighted by molar-refractivity contribution is -0.137. The van der Waals surface area contributed by atoms with Crippen LogP contribution in [0.4, 0.5) is 30.6 Å². The second kappa shape index (κ2) is 6.84. The van der Waals surface area contributed by atoms with Crippen molar-refractivity contribution in [2.75, 3.05) is 17.7 Å². The Morgan fingerprint density at radius 3 is 2.43 bits per heavy atom. The van der Waals surface area contributed by atoms with E-state index in [0.29, 0.717) is 17.5 Å². The van der Waals surface area contributed by atoms with E-state index in [1.165, 1.54) is 18.2 Å². The maximum absolute atomic E-state index is 13.4. The second-order valence-electron chi connectivity index (χ2n) is 6.00. The van der Waals surface area contributed by atoms with Gasteiger partial charge in [-0.15, -0.1) is 0 Å². The number of nitrogens with zero attached hydrogens (tertiary/aromatic N) is 3. The summed E-state index contributed by atoms with van der Waals surface area (Å²) in [6, 6.07) is 14.3. The zero-order chi connectivity index (χ0) is 19.7. The quantitative estimate of drug-likeness (QED) is 0.470. The van der Waals surface area contributed by atoms with Crippen LogP contribution in [-0.2, 0) is 6.18 Å². The Morgan fingerprint density at radius 2 is 1.64 bits per heavy atom. The topological polar surface area (TPSA) is 78.5 Å². The summed E-state index contributed by atoms with van der Waals surface area (Å²) in [5, 5.41) is 13.8. The lowest BCUT2D eigenvalue weighted by Crippen LogP contribution is -2.09. The van der Waals surface area contributed by atoms with Crippen molar-refractivity contribution < 1.29 is 13.2 Å². The maximum atomic E-state index is 13.4. The summed E-state index contributed by atoms with van der Waals surface area (Å²) >= 11 is 0. The Labute approximate surface area is 157 Å². The molecule has 0 aliphatic rings. The van der Waals surface area contributed by atoms with Gasteiger partial charge in [0.05, 0.1) is 11.1 Å². The van der Waals surface area contributed by atoms with Gasteiger partial charge in [0, 0.05) is 24.1 Å². The number of halogens is 3. The third kappa shape index (κ3) is 3.34. The summed E-state index contributed by atoms with van der Waals surface area (Å²) in [4.78, 5) is 8.49. The Kier molecular flexibility index (Phi) is 4.34. The molecule has 9 heteroatoms. The summed E-state index contributed by atoms with van der Waals surface area (Å²) in [6.07, 6.45) is -4.51.